The average molecular weight is 353 g/mol. The second-order valence-corrected chi connectivity index (χ2v) is 7.01. The number of carbonyl (C=O) groups is 1. The number of nitrogens with zero attached hydrogens (tertiary/aromatic N) is 1. The monoisotopic (exact) mass is 353 g/mol. The number of likely N-dealkylation sites (tertiary alicyclic amines) is 1. The Kier molecular flexibility index (Phi) is 5.78. The van der Waals surface area contributed by atoms with Crippen LogP contribution in [0.3, 0.4) is 0 Å². The Bertz CT molecular complexity index is 742. The molecular weight excluding hydrogens is 326 g/mol. The van der Waals surface area contributed by atoms with Crippen LogP contribution in [0.1, 0.15) is 42.9 Å². The van der Waals surface area contributed by atoms with E-state index >= 15 is 0 Å². The summed E-state index contributed by atoms with van der Waals surface area (Å²) in [6.45, 7) is 4.82. The minimum Gasteiger partial charge on any atom is -0.508 e. The number of nitrogens with one attached hydrogen (secondary N) is 1. The smallest absolute Gasteiger partial charge is 0.227 e. The van der Waals surface area contributed by atoms with Gasteiger partial charge in [-0.1, -0.05) is 36.4 Å². The lowest BCUT2D eigenvalue weighted by molar-refractivity contribution is -0.123. The Morgan fingerprint density at radius 3 is 2.54 bits per heavy atom. The minimum atomic E-state index is -0.389. The summed E-state index contributed by atoms with van der Waals surface area (Å²) in [5, 5.41) is 12.7. The highest BCUT2D eigenvalue weighted by Gasteiger charge is 2.24. The third-order valence-electron chi connectivity index (χ3n) is 5.09. The van der Waals surface area contributed by atoms with Crippen molar-refractivity contribution in [3.8, 4) is 5.75 Å². The first kappa shape index (κ1) is 18.3. The quantitative estimate of drug-likeness (QED) is 0.698. The van der Waals surface area contributed by atoms with Crippen LogP contribution < -0.4 is 11.1 Å². The minimum absolute atomic E-state index is 0.0532. The molecule has 1 heterocycles. The van der Waals surface area contributed by atoms with Crippen molar-refractivity contribution in [2.45, 2.75) is 31.7 Å². The molecule has 26 heavy (non-hydrogen) atoms. The van der Waals surface area contributed by atoms with Gasteiger partial charge >= 0.3 is 0 Å². The van der Waals surface area contributed by atoms with Crippen LogP contribution in [-0.2, 0) is 4.79 Å². The maximum absolute atomic E-state index is 12.9. The van der Waals surface area contributed by atoms with Gasteiger partial charge in [0.1, 0.15) is 5.75 Å². The Hall–Kier alpha value is -2.53. The summed E-state index contributed by atoms with van der Waals surface area (Å²) >= 11 is 0. The van der Waals surface area contributed by atoms with E-state index < -0.39 is 0 Å². The number of hydrogen-bond donors (Lipinski definition) is 3. The van der Waals surface area contributed by atoms with Crippen molar-refractivity contribution in [1.29, 1.82) is 0 Å². The number of nitrogen functional groups attached to an aromatic ring is 1. The van der Waals surface area contributed by atoms with E-state index in [1.54, 1.807) is 12.1 Å². The molecule has 1 aliphatic rings. The first-order valence-electron chi connectivity index (χ1n) is 9.20. The lowest BCUT2D eigenvalue weighted by atomic mass is 9.97. The molecule has 5 nitrogen and oxygen atoms in total. The summed E-state index contributed by atoms with van der Waals surface area (Å²) in [4.78, 5) is 15.3. The fourth-order valence-corrected chi connectivity index (χ4v) is 3.54. The van der Waals surface area contributed by atoms with Crippen LogP contribution in [0.25, 0.3) is 0 Å². The van der Waals surface area contributed by atoms with Crippen molar-refractivity contribution in [3.05, 3.63) is 59.7 Å². The molecular formula is C21H27N3O2. The maximum atomic E-state index is 12.9. The first-order chi connectivity index (χ1) is 12.5. The molecule has 4 N–H and O–H groups in total. The summed E-state index contributed by atoms with van der Waals surface area (Å²) in [5.41, 5.74) is 8.26. The van der Waals surface area contributed by atoms with Gasteiger partial charge in [-0.25, -0.2) is 0 Å². The summed E-state index contributed by atoms with van der Waals surface area (Å²) in [5.74, 6) is -0.342. The molecule has 3 rings (SSSR count). The standard InChI is InChI=1S/C21H27N3O2/c1-15(18-10-9-17(25)13-19(18)22)21(26)23-20(14-24-11-5-6-12-24)16-7-3-2-4-8-16/h2-4,7-10,13,15,20,25H,5-6,11-12,14,22H2,1H3,(H,23,26)/t15?,20-/m1/s1. The lowest BCUT2D eigenvalue weighted by Gasteiger charge is -2.26. The fourth-order valence-electron chi connectivity index (χ4n) is 3.54. The average Bonchev–Trinajstić information content (AvgIpc) is 3.14. The van der Waals surface area contributed by atoms with Crippen LogP contribution in [-0.4, -0.2) is 35.5 Å². The van der Waals surface area contributed by atoms with E-state index in [2.05, 4.69) is 22.3 Å². The molecule has 0 spiro atoms. The number of rotatable bonds is 6. The first-order valence-corrected chi connectivity index (χ1v) is 9.20. The number of aromatic hydroxyl groups is 1. The van der Waals surface area contributed by atoms with E-state index in [-0.39, 0.29) is 23.6 Å². The van der Waals surface area contributed by atoms with Crippen LogP contribution in [0.4, 0.5) is 5.69 Å². The van der Waals surface area contributed by atoms with Crippen LogP contribution >= 0.6 is 0 Å². The van der Waals surface area contributed by atoms with Crippen LogP contribution in [0.5, 0.6) is 5.75 Å². The normalized spacial score (nSPS) is 17.0. The molecule has 1 aliphatic heterocycles. The fraction of sp³-hybridized carbons (Fsp3) is 0.381. The van der Waals surface area contributed by atoms with E-state index in [0.717, 1.165) is 30.8 Å². The van der Waals surface area contributed by atoms with Gasteiger partial charge in [0.05, 0.1) is 12.0 Å². The van der Waals surface area contributed by atoms with Crippen molar-refractivity contribution in [1.82, 2.24) is 10.2 Å². The van der Waals surface area contributed by atoms with E-state index in [0.29, 0.717) is 5.69 Å². The topological polar surface area (TPSA) is 78.6 Å². The van der Waals surface area contributed by atoms with Gasteiger partial charge in [0.15, 0.2) is 0 Å². The molecule has 2 aromatic rings. The Morgan fingerprint density at radius 1 is 1.19 bits per heavy atom. The van der Waals surface area contributed by atoms with Crippen molar-refractivity contribution in [2.24, 2.45) is 0 Å². The number of amides is 1. The molecule has 5 heteroatoms. The molecule has 1 saturated heterocycles. The Morgan fingerprint density at radius 2 is 1.88 bits per heavy atom. The van der Waals surface area contributed by atoms with Gasteiger partial charge in [0, 0.05) is 18.3 Å². The number of hydrogen-bond acceptors (Lipinski definition) is 4. The van der Waals surface area contributed by atoms with Gasteiger partial charge in [-0.05, 0) is 50.0 Å². The molecule has 2 aromatic carbocycles. The zero-order valence-electron chi connectivity index (χ0n) is 15.2. The number of phenols is 1. The number of phenolic OH excluding ortho intramolecular Hbond substituents is 1. The number of carbonyl (C=O) groups excluding carboxylic acids is 1. The largest absolute Gasteiger partial charge is 0.508 e. The van der Waals surface area contributed by atoms with Crippen molar-refractivity contribution < 1.29 is 9.90 Å². The molecule has 138 valence electrons. The third kappa shape index (κ3) is 4.35. The van der Waals surface area contributed by atoms with Gasteiger partial charge < -0.3 is 21.1 Å². The number of anilines is 1. The van der Waals surface area contributed by atoms with E-state index in [4.69, 9.17) is 5.73 Å². The lowest BCUT2D eigenvalue weighted by Crippen LogP contribution is -2.38. The molecule has 1 amide bonds. The van der Waals surface area contributed by atoms with E-state index in [9.17, 15) is 9.90 Å². The SMILES string of the molecule is CC(C(=O)N[C@H](CN1CCCC1)c1ccccc1)c1ccc(O)cc1N. The molecule has 1 fully saturated rings. The molecule has 0 aromatic heterocycles. The van der Waals surface area contributed by atoms with Crippen LogP contribution in [0, 0.1) is 0 Å². The van der Waals surface area contributed by atoms with Gasteiger partial charge in [-0.2, -0.15) is 0 Å². The number of nitrogens with two attached hydrogens (primary N) is 1. The predicted molar refractivity (Wildman–Crippen MR) is 104 cm³/mol. The summed E-state index contributed by atoms with van der Waals surface area (Å²) in [7, 11) is 0. The summed E-state index contributed by atoms with van der Waals surface area (Å²) < 4.78 is 0. The predicted octanol–water partition coefficient (Wildman–Crippen LogP) is 3.03. The van der Waals surface area contributed by atoms with Gasteiger partial charge in [-0.3, -0.25) is 4.79 Å². The van der Waals surface area contributed by atoms with E-state index in [1.807, 2.05) is 25.1 Å². The molecule has 0 saturated carbocycles. The van der Waals surface area contributed by atoms with Gasteiger partial charge in [0.2, 0.25) is 5.91 Å². The zero-order valence-corrected chi connectivity index (χ0v) is 15.2. The van der Waals surface area contributed by atoms with Crippen molar-refractivity contribution >= 4 is 11.6 Å². The Labute approximate surface area is 154 Å². The third-order valence-corrected chi connectivity index (χ3v) is 5.09. The molecule has 1 unspecified atom stereocenters. The van der Waals surface area contributed by atoms with Crippen molar-refractivity contribution in [2.75, 3.05) is 25.4 Å². The summed E-state index contributed by atoms with van der Waals surface area (Å²) in [6, 6.07) is 14.8. The summed E-state index contributed by atoms with van der Waals surface area (Å²) in [6.07, 6.45) is 2.44. The van der Waals surface area contributed by atoms with Gasteiger partial charge in [0.25, 0.3) is 0 Å². The second kappa shape index (κ2) is 8.23. The molecule has 0 aliphatic carbocycles. The number of benzene rings is 2. The highest BCUT2D eigenvalue weighted by Crippen LogP contribution is 2.27. The highest BCUT2D eigenvalue weighted by molar-refractivity contribution is 5.85. The maximum Gasteiger partial charge on any atom is 0.227 e. The van der Waals surface area contributed by atoms with Gasteiger partial charge in [-0.15, -0.1) is 0 Å². The highest BCUT2D eigenvalue weighted by atomic mass is 16.3. The molecule has 0 bridgehead atoms. The zero-order chi connectivity index (χ0) is 18.5. The van der Waals surface area contributed by atoms with Crippen LogP contribution in [0.15, 0.2) is 48.5 Å². The van der Waals surface area contributed by atoms with Crippen LogP contribution in [0.2, 0.25) is 0 Å². The second-order valence-electron chi connectivity index (χ2n) is 7.01. The Balaban J connectivity index is 1.75. The molecule has 0 radical (unpaired) electrons. The van der Waals surface area contributed by atoms with Crippen molar-refractivity contribution in [3.63, 3.8) is 0 Å². The van der Waals surface area contributed by atoms with E-state index in [1.165, 1.54) is 18.9 Å². The molecule has 2 atom stereocenters.